The van der Waals surface area contributed by atoms with Crippen molar-refractivity contribution in [2.45, 2.75) is 19.2 Å². The average molecular weight is 519 g/mol. The van der Waals surface area contributed by atoms with Gasteiger partial charge in [0.1, 0.15) is 5.75 Å². The fraction of sp³-hybridized carbons (Fsp3) is 0.393. The number of imidazole rings is 1. The van der Waals surface area contributed by atoms with Crippen LogP contribution in [0.5, 0.6) is 5.75 Å². The maximum atomic E-state index is 13.0. The molecule has 0 amide bonds. The zero-order chi connectivity index (χ0) is 26.6. The third-order valence-corrected chi connectivity index (χ3v) is 7.30. The molecule has 1 unspecified atom stereocenters. The van der Waals surface area contributed by atoms with E-state index in [1.807, 2.05) is 41.0 Å². The highest BCUT2D eigenvalue weighted by Gasteiger charge is 2.27. The first-order valence-electron chi connectivity index (χ1n) is 12.8. The van der Waals surface area contributed by atoms with Gasteiger partial charge in [0.15, 0.2) is 11.2 Å². The van der Waals surface area contributed by atoms with Gasteiger partial charge in [-0.15, -0.1) is 0 Å². The van der Waals surface area contributed by atoms with Crippen molar-refractivity contribution in [3.8, 4) is 5.75 Å². The summed E-state index contributed by atoms with van der Waals surface area (Å²) < 4.78 is 16.2. The predicted octanol–water partition coefficient (Wildman–Crippen LogP) is 1.85. The van der Waals surface area contributed by atoms with Crippen molar-refractivity contribution < 1.29 is 9.47 Å². The van der Waals surface area contributed by atoms with Gasteiger partial charge in [-0.2, -0.15) is 0 Å². The number of aromatic nitrogens is 4. The molecule has 0 N–H and O–H groups in total. The lowest BCUT2D eigenvalue weighted by molar-refractivity contribution is 0.0407. The van der Waals surface area contributed by atoms with Gasteiger partial charge in [0.25, 0.3) is 5.56 Å². The maximum Gasteiger partial charge on any atom is 0.332 e. The van der Waals surface area contributed by atoms with Crippen LogP contribution < -0.4 is 20.9 Å². The number of anilines is 1. The zero-order valence-electron chi connectivity index (χ0n) is 22.1. The first-order chi connectivity index (χ1) is 18.5. The van der Waals surface area contributed by atoms with Crippen molar-refractivity contribution in [1.29, 1.82) is 0 Å². The van der Waals surface area contributed by atoms with E-state index in [9.17, 15) is 9.59 Å². The molecular weight excluding hydrogens is 484 g/mol. The highest BCUT2D eigenvalue weighted by Crippen LogP contribution is 2.28. The van der Waals surface area contributed by atoms with Crippen molar-refractivity contribution in [1.82, 2.24) is 23.6 Å². The molecule has 1 aliphatic rings. The molecule has 0 spiro atoms. The first kappa shape index (κ1) is 25.7. The van der Waals surface area contributed by atoms with Crippen LogP contribution >= 0.6 is 0 Å². The second kappa shape index (κ2) is 11.2. The van der Waals surface area contributed by atoms with Crippen molar-refractivity contribution in [3.63, 3.8) is 0 Å². The normalized spacial score (nSPS) is 15.2. The van der Waals surface area contributed by atoms with E-state index in [2.05, 4.69) is 33.0 Å². The topological polar surface area (TPSA) is 86.8 Å². The van der Waals surface area contributed by atoms with Crippen LogP contribution in [0.15, 0.2) is 70.5 Å². The van der Waals surface area contributed by atoms with Crippen LogP contribution in [0, 0.1) is 0 Å². The van der Waals surface area contributed by atoms with Gasteiger partial charge in [-0.25, -0.2) is 9.78 Å². The molecule has 2 aromatic carbocycles. The highest BCUT2D eigenvalue weighted by atomic mass is 16.5. The van der Waals surface area contributed by atoms with E-state index in [1.54, 1.807) is 20.5 Å². The number of piperazine rings is 1. The van der Waals surface area contributed by atoms with Gasteiger partial charge in [0.05, 0.1) is 38.4 Å². The van der Waals surface area contributed by atoms with E-state index >= 15 is 0 Å². The molecule has 4 aromatic rings. The summed E-state index contributed by atoms with van der Waals surface area (Å²) in [6.07, 6.45) is 1.65. The molecule has 0 radical (unpaired) electrons. The Morgan fingerprint density at radius 3 is 2.37 bits per heavy atom. The Balaban J connectivity index is 1.37. The second-order valence-corrected chi connectivity index (χ2v) is 9.62. The van der Waals surface area contributed by atoms with Gasteiger partial charge in [0.2, 0.25) is 0 Å². The number of ether oxygens (including phenoxy) is 2. The summed E-state index contributed by atoms with van der Waals surface area (Å²) in [6, 6.07) is 18.2. The third kappa shape index (κ3) is 5.09. The van der Waals surface area contributed by atoms with Crippen molar-refractivity contribution in [2.24, 2.45) is 14.1 Å². The van der Waals surface area contributed by atoms with Crippen molar-refractivity contribution in [3.05, 3.63) is 87.3 Å². The van der Waals surface area contributed by atoms with Gasteiger partial charge in [-0.1, -0.05) is 42.5 Å². The quantitative estimate of drug-likeness (QED) is 0.334. The van der Waals surface area contributed by atoms with E-state index in [1.165, 1.54) is 11.6 Å². The Labute approximate surface area is 221 Å². The Morgan fingerprint density at radius 1 is 0.921 bits per heavy atom. The molecule has 2 aromatic heterocycles. The fourth-order valence-electron chi connectivity index (χ4n) is 5.14. The summed E-state index contributed by atoms with van der Waals surface area (Å²) in [5.74, 6) is 0.870. The number of rotatable bonds is 9. The lowest BCUT2D eigenvalue weighted by Gasteiger charge is -2.40. The number of para-hydroxylation sites is 2. The summed E-state index contributed by atoms with van der Waals surface area (Å²) in [5, 5.41) is 0. The standard InChI is InChI=1S/C28H34N6O4/c1-30-26-25(27(35)31(2)28(30)36)34(20-29-26)17-22(19-38-18-21-9-5-4-6-10-21)32-13-15-33(16-14-32)23-11-7-8-12-24(23)37-3/h4-12,20,22H,13-19H2,1-3H3. The van der Waals surface area contributed by atoms with Crippen LogP contribution in [0.1, 0.15) is 5.56 Å². The third-order valence-electron chi connectivity index (χ3n) is 7.30. The summed E-state index contributed by atoms with van der Waals surface area (Å²) >= 11 is 0. The van der Waals surface area contributed by atoms with Crippen LogP contribution in [0.2, 0.25) is 0 Å². The number of fused-ring (bicyclic) bond motifs is 1. The van der Waals surface area contributed by atoms with Crippen molar-refractivity contribution in [2.75, 3.05) is 44.8 Å². The van der Waals surface area contributed by atoms with Crippen LogP contribution in [0.4, 0.5) is 5.69 Å². The minimum Gasteiger partial charge on any atom is -0.495 e. The molecule has 38 heavy (non-hydrogen) atoms. The summed E-state index contributed by atoms with van der Waals surface area (Å²) in [5.41, 5.74) is 2.30. The van der Waals surface area contributed by atoms with Crippen LogP contribution in [0.3, 0.4) is 0 Å². The maximum absolute atomic E-state index is 13.0. The minimum absolute atomic E-state index is 0.0119. The lowest BCUT2D eigenvalue weighted by Crippen LogP contribution is -2.53. The van der Waals surface area contributed by atoms with Gasteiger partial charge in [-0.3, -0.25) is 18.8 Å². The fourth-order valence-corrected chi connectivity index (χ4v) is 5.14. The van der Waals surface area contributed by atoms with E-state index in [0.29, 0.717) is 30.9 Å². The smallest absolute Gasteiger partial charge is 0.332 e. The lowest BCUT2D eigenvalue weighted by atomic mass is 10.1. The van der Waals surface area contributed by atoms with E-state index in [4.69, 9.17) is 9.47 Å². The molecule has 0 saturated carbocycles. The molecule has 10 heteroatoms. The van der Waals surface area contributed by atoms with Gasteiger partial charge >= 0.3 is 5.69 Å². The molecule has 1 atom stereocenters. The average Bonchev–Trinajstić information content (AvgIpc) is 3.39. The molecule has 10 nitrogen and oxygen atoms in total. The number of aryl methyl sites for hydroxylation is 1. The number of benzene rings is 2. The molecule has 1 aliphatic heterocycles. The number of hydrogen-bond acceptors (Lipinski definition) is 7. The zero-order valence-corrected chi connectivity index (χ0v) is 22.1. The van der Waals surface area contributed by atoms with Gasteiger partial charge in [0, 0.05) is 46.8 Å². The predicted molar refractivity (Wildman–Crippen MR) is 147 cm³/mol. The minimum atomic E-state index is -0.386. The van der Waals surface area contributed by atoms with Gasteiger partial charge in [-0.05, 0) is 17.7 Å². The Morgan fingerprint density at radius 2 is 1.63 bits per heavy atom. The van der Waals surface area contributed by atoms with Crippen LogP contribution in [-0.2, 0) is 32.0 Å². The number of methoxy groups -OCH3 is 1. The SMILES string of the molecule is COc1ccccc1N1CCN(C(COCc2ccccc2)Cn2cnc3c2c(=O)n(C)c(=O)n3C)CC1. The Bertz CT molecular complexity index is 1500. The Kier molecular flexibility index (Phi) is 7.62. The highest BCUT2D eigenvalue weighted by molar-refractivity contribution is 5.70. The molecule has 3 heterocycles. The molecule has 200 valence electrons. The number of nitrogens with zero attached hydrogens (tertiary/aromatic N) is 6. The van der Waals surface area contributed by atoms with E-state index in [0.717, 1.165) is 47.7 Å². The summed E-state index contributed by atoms with van der Waals surface area (Å²) in [6.45, 7) is 4.89. The molecule has 0 aliphatic carbocycles. The molecule has 0 bridgehead atoms. The molecule has 5 rings (SSSR count). The van der Waals surface area contributed by atoms with E-state index in [-0.39, 0.29) is 17.3 Å². The van der Waals surface area contributed by atoms with Crippen LogP contribution in [0.25, 0.3) is 11.2 Å². The molecule has 1 saturated heterocycles. The van der Waals surface area contributed by atoms with Gasteiger partial charge < -0.3 is 18.9 Å². The molecule has 1 fully saturated rings. The van der Waals surface area contributed by atoms with Crippen molar-refractivity contribution >= 4 is 16.9 Å². The Hall–Kier alpha value is -3.89. The first-order valence-corrected chi connectivity index (χ1v) is 12.8. The van der Waals surface area contributed by atoms with Crippen LogP contribution in [-0.4, -0.2) is 69.5 Å². The second-order valence-electron chi connectivity index (χ2n) is 9.62. The number of hydrogen-bond donors (Lipinski definition) is 0. The molecular formula is C28H34N6O4. The summed E-state index contributed by atoms with van der Waals surface area (Å²) in [7, 11) is 4.84. The largest absolute Gasteiger partial charge is 0.495 e. The van der Waals surface area contributed by atoms with E-state index < -0.39 is 0 Å². The summed E-state index contributed by atoms with van der Waals surface area (Å²) in [4.78, 5) is 34.6. The monoisotopic (exact) mass is 518 g/mol.